The smallest absolute Gasteiger partial charge is 0.321 e. The molecule has 0 spiro atoms. The molecule has 0 saturated carbocycles. The SMILES string of the molecule is NC(=O)CN[C@@H](CC(N)=O)C(=O)O. The van der Waals surface area contributed by atoms with Gasteiger partial charge in [-0.25, -0.2) is 0 Å². The van der Waals surface area contributed by atoms with Crippen molar-refractivity contribution < 1.29 is 19.5 Å². The van der Waals surface area contributed by atoms with Gasteiger partial charge < -0.3 is 16.6 Å². The number of amides is 2. The molecule has 0 bridgehead atoms. The van der Waals surface area contributed by atoms with Crippen LogP contribution in [0.1, 0.15) is 6.42 Å². The molecule has 0 aliphatic heterocycles. The molecule has 0 unspecified atom stereocenters. The van der Waals surface area contributed by atoms with Crippen LogP contribution >= 0.6 is 0 Å². The molecule has 0 aromatic carbocycles. The van der Waals surface area contributed by atoms with Crippen molar-refractivity contribution in [3.63, 3.8) is 0 Å². The molecule has 2 amide bonds. The largest absolute Gasteiger partial charge is 0.480 e. The first-order chi connectivity index (χ1) is 5.93. The van der Waals surface area contributed by atoms with E-state index in [0.717, 1.165) is 0 Å². The second kappa shape index (κ2) is 5.09. The maximum atomic E-state index is 10.4. The van der Waals surface area contributed by atoms with Gasteiger partial charge in [0.25, 0.3) is 0 Å². The number of carbonyl (C=O) groups excluding carboxylic acids is 2. The summed E-state index contributed by atoms with van der Waals surface area (Å²) in [5.74, 6) is -2.71. The molecular weight excluding hydrogens is 178 g/mol. The molecular formula is C6H11N3O4. The lowest BCUT2D eigenvalue weighted by Gasteiger charge is -2.10. The monoisotopic (exact) mass is 189 g/mol. The maximum absolute atomic E-state index is 10.4. The van der Waals surface area contributed by atoms with Gasteiger partial charge in [0.1, 0.15) is 6.04 Å². The molecule has 13 heavy (non-hydrogen) atoms. The lowest BCUT2D eigenvalue weighted by Crippen LogP contribution is -2.43. The molecule has 0 aliphatic carbocycles. The van der Waals surface area contributed by atoms with E-state index in [1.54, 1.807) is 0 Å². The van der Waals surface area contributed by atoms with Gasteiger partial charge in [-0.15, -0.1) is 0 Å². The number of rotatable bonds is 6. The van der Waals surface area contributed by atoms with Crippen molar-refractivity contribution >= 4 is 17.8 Å². The van der Waals surface area contributed by atoms with Crippen LogP contribution in [0.15, 0.2) is 0 Å². The molecule has 0 heterocycles. The Morgan fingerprint density at radius 3 is 2.08 bits per heavy atom. The van der Waals surface area contributed by atoms with E-state index in [4.69, 9.17) is 16.6 Å². The topological polar surface area (TPSA) is 136 Å². The molecule has 1 atom stereocenters. The fourth-order valence-corrected chi connectivity index (χ4v) is 0.672. The molecule has 0 aromatic rings. The third-order valence-corrected chi connectivity index (χ3v) is 1.23. The number of aliphatic carboxylic acids is 1. The van der Waals surface area contributed by atoms with Crippen molar-refractivity contribution in [3.8, 4) is 0 Å². The first-order valence-corrected chi connectivity index (χ1v) is 3.46. The van der Waals surface area contributed by atoms with E-state index in [2.05, 4.69) is 5.32 Å². The fraction of sp³-hybridized carbons (Fsp3) is 0.500. The predicted octanol–water partition coefficient (Wildman–Crippen LogP) is -2.61. The molecule has 7 heteroatoms. The van der Waals surface area contributed by atoms with E-state index in [1.807, 2.05) is 0 Å². The highest BCUT2D eigenvalue weighted by Gasteiger charge is 2.19. The van der Waals surface area contributed by atoms with Crippen molar-refractivity contribution in [3.05, 3.63) is 0 Å². The highest BCUT2D eigenvalue weighted by molar-refractivity contribution is 5.84. The Labute approximate surface area is 74.1 Å². The van der Waals surface area contributed by atoms with Crippen molar-refractivity contribution in [1.29, 1.82) is 0 Å². The van der Waals surface area contributed by atoms with Gasteiger partial charge in [-0.05, 0) is 0 Å². The van der Waals surface area contributed by atoms with Gasteiger partial charge in [-0.3, -0.25) is 19.7 Å². The average Bonchev–Trinajstić information content (AvgIpc) is 1.96. The number of carboxylic acids is 1. The minimum absolute atomic E-state index is 0.301. The Hall–Kier alpha value is -1.63. The molecule has 0 aromatic heterocycles. The fourth-order valence-electron chi connectivity index (χ4n) is 0.672. The average molecular weight is 189 g/mol. The molecule has 74 valence electrons. The van der Waals surface area contributed by atoms with E-state index in [1.165, 1.54) is 0 Å². The summed E-state index contributed by atoms with van der Waals surface area (Å²) >= 11 is 0. The summed E-state index contributed by atoms with van der Waals surface area (Å²) in [6.07, 6.45) is -0.372. The summed E-state index contributed by atoms with van der Waals surface area (Å²) in [5, 5.41) is 10.8. The number of primary amides is 2. The van der Waals surface area contributed by atoms with E-state index < -0.39 is 23.8 Å². The van der Waals surface area contributed by atoms with Crippen LogP contribution < -0.4 is 16.8 Å². The zero-order chi connectivity index (χ0) is 10.4. The van der Waals surface area contributed by atoms with Gasteiger partial charge in [-0.2, -0.15) is 0 Å². The van der Waals surface area contributed by atoms with Crippen molar-refractivity contribution in [2.75, 3.05) is 6.54 Å². The van der Waals surface area contributed by atoms with Crippen molar-refractivity contribution in [2.24, 2.45) is 11.5 Å². The highest BCUT2D eigenvalue weighted by atomic mass is 16.4. The van der Waals surface area contributed by atoms with Gasteiger partial charge >= 0.3 is 5.97 Å². The number of nitrogens with one attached hydrogen (secondary N) is 1. The Morgan fingerprint density at radius 2 is 1.77 bits per heavy atom. The zero-order valence-electron chi connectivity index (χ0n) is 6.82. The second-order valence-corrected chi connectivity index (χ2v) is 2.41. The summed E-state index contributed by atoms with van der Waals surface area (Å²) in [7, 11) is 0. The van der Waals surface area contributed by atoms with E-state index >= 15 is 0 Å². The quantitative estimate of drug-likeness (QED) is 0.363. The minimum Gasteiger partial charge on any atom is -0.480 e. The van der Waals surface area contributed by atoms with E-state index in [0.29, 0.717) is 0 Å². The zero-order valence-corrected chi connectivity index (χ0v) is 6.82. The van der Waals surface area contributed by atoms with E-state index in [-0.39, 0.29) is 13.0 Å². The lowest BCUT2D eigenvalue weighted by molar-refractivity contribution is -0.141. The number of nitrogens with two attached hydrogens (primary N) is 2. The lowest BCUT2D eigenvalue weighted by atomic mass is 10.2. The molecule has 0 aliphatic rings. The van der Waals surface area contributed by atoms with Crippen LogP contribution in [0.3, 0.4) is 0 Å². The maximum Gasteiger partial charge on any atom is 0.321 e. The summed E-state index contributed by atoms with van der Waals surface area (Å²) in [6.45, 7) is -0.301. The third kappa shape index (κ3) is 5.62. The van der Waals surface area contributed by atoms with Crippen LogP contribution in [-0.2, 0) is 14.4 Å². The van der Waals surface area contributed by atoms with Gasteiger partial charge in [-0.1, -0.05) is 0 Å². The highest BCUT2D eigenvalue weighted by Crippen LogP contribution is 1.90. The minimum atomic E-state index is -1.25. The Kier molecular flexibility index (Phi) is 4.45. The molecule has 0 rings (SSSR count). The van der Waals surface area contributed by atoms with Crippen LogP contribution in [0.2, 0.25) is 0 Å². The molecule has 6 N–H and O–H groups in total. The van der Waals surface area contributed by atoms with Crippen LogP contribution in [0.5, 0.6) is 0 Å². The van der Waals surface area contributed by atoms with Gasteiger partial charge in [0, 0.05) is 0 Å². The standard InChI is InChI=1S/C6H11N3O4/c7-4(10)1-3(6(12)13)9-2-5(8)11/h3,9H,1-2H2,(H2,7,10)(H2,8,11)(H,12,13)/t3-/m0/s1. The molecule has 7 nitrogen and oxygen atoms in total. The Bertz CT molecular complexity index is 228. The molecule has 0 saturated heterocycles. The Balaban J connectivity index is 4.02. The van der Waals surface area contributed by atoms with Gasteiger partial charge in [0.2, 0.25) is 11.8 Å². The van der Waals surface area contributed by atoms with Gasteiger partial charge in [0.05, 0.1) is 13.0 Å². The number of carboxylic acid groups (broad SMARTS) is 1. The number of hydrogen-bond donors (Lipinski definition) is 4. The summed E-state index contributed by atoms with van der Waals surface area (Å²) in [5.41, 5.74) is 9.54. The Morgan fingerprint density at radius 1 is 1.23 bits per heavy atom. The van der Waals surface area contributed by atoms with Gasteiger partial charge in [0.15, 0.2) is 0 Å². The molecule has 0 radical (unpaired) electrons. The summed E-state index contributed by atoms with van der Waals surface area (Å²) < 4.78 is 0. The summed E-state index contributed by atoms with van der Waals surface area (Å²) in [6, 6.07) is -1.16. The van der Waals surface area contributed by atoms with Crippen LogP contribution in [0, 0.1) is 0 Å². The first kappa shape index (κ1) is 11.4. The second-order valence-electron chi connectivity index (χ2n) is 2.41. The van der Waals surface area contributed by atoms with Crippen LogP contribution in [0.4, 0.5) is 0 Å². The predicted molar refractivity (Wildman–Crippen MR) is 42.4 cm³/mol. The van der Waals surface area contributed by atoms with E-state index in [9.17, 15) is 14.4 Å². The third-order valence-electron chi connectivity index (χ3n) is 1.23. The molecule has 0 fully saturated rings. The first-order valence-electron chi connectivity index (χ1n) is 3.46. The van der Waals surface area contributed by atoms with Crippen molar-refractivity contribution in [1.82, 2.24) is 5.32 Å². The van der Waals surface area contributed by atoms with Crippen LogP contribution in [-0.4, -0.2) is 35.5 Å². The summed E-state index contributed by atoms with van der Waals surface area (Å²) in [4.78, 5) is 31.0. The normalized spacial score (nSPS) is 12.0. The number of hydrogen-bond acceptors (Lipinski definition) is 4. The van der Waals surface area contributed by atoms with Crippen LogP contribution in [0.25, 0.3) is 0 Å². The number of carbonyl (C=O) groups is 3. The van der Waals surface area contributed by atoms with Crippen molar-refractivity contribution in [2.45, 2.75) is 12.5 Å².